The predicted molar refractivity (Wildman–Crippen MR) is 74.8 cm³/mol. The molecule has 1 unspecified atom stereocenters. The number of methoxy groups -OCH3 is 1. The summed E-state index contributed by atoms with van der Waals surface area (Å²) in [5.41, 5.74) is 6.87. The molecule has 102 valence electrons. The summed E-state index contributed by atoms with van der Waals surface area (Å²) in [5, 5.41) is 0. The van der Waals surface area contributed by atoms with Crippen LogP contribution >= 0.6 is 0 Å². The van der Waals surface area contributed by atoms with Gasteiger partial charge >= 0.3 is 0 Å². The minimum atomic E-state index is -0.0110. The minimum absolute atomic E-state index is 0.0110. The van der Waals surface area contributed by atoms with Gasteiger partial charge in [0.1, 0.15) is 5.75 Å². The molecule has 2 N–H and O–H groups in total. The molecule has 0 saturated heterocycles. The molecule has 1 aromatic rings. The van der Waals surface area contributed by atoms with Crippen molar-refractivity contribution in [3.63, 3.8) is 0 Å². The van der Waals surface area contributed by atoms with Gasteiger partial charge in [0, 0.05) is 13.2 Å². The van der Waals surface area contributed by atoms with Crippen molar-refractivity contribution >= 4 is 0 Å². The number of hydrogen-bond acceptors (Lipinski definition) is 3. The molecule has 3 heteroatoms. The SMILES string of the molecule is COc1ccc(C(CN)OCCCC(C)C)cc1. The standard InChI is InChI=1S/C15H25NO2/c1-12(2)5-4-10-18-15(11-16)13-6-8-14(17-3)9-7-13/h6-9,12,15H,4-5,10-11,16H2,1-3H3. The Hall–Kier alpha value is -1.06. The van der Waals surface area contributed by atoms with E-state index < -0.39 is 0 Å². The third-order valence-corrected chi connectivity index (χ3v) is 2.95. The van der Waals surface area contributed by atoms with Crippen LogP contribution in [0.3, 0.4) is 0 Å². The highest BCUT2D eigenvalue weighted by Gasteiger charge is 2.10. The van der Waals surface area contributed by atoms with Gasteiger partial charge in [-0.3, -0.25) is 0 Å². The summed E-state index contributed by atoms with van der Waals surface area (Å²) in [5.74, 6) is 1.58. The van der Waals surface area contributed by atoms with Gasteiger partial charge < -0.3 is 15.2 Å². The molecule has 0 radical (unpaired) electrons. The van der Waals surface area contributed by atoms with E-state index in [1.165, 1.54) is 6.42 Å². The predicted octanol–water partition coefficient (Wildman–Crippen LogP) is 3.15. The van der Waals surface area contributed by atoms with Crippen molar-refractivity contribution in [1.82, 2.24) is 0 Å². The van der Waals surface area contributed by atoms with Gasteiger partial charge in [0.15, 0.2) is 0 Å². The molecule has 0 aliphatic heterocycles. The summed E-state index contributed by atoms with van der Waals surface area (Å²) in [6, 6.07) is 7.91. The quantitative estimate of drug-likeness (QED) is 0.722. The highest BCUT2D eigenvalue weighted by Crippen LogP contribution is 2.20. The van der Waals surface area contributed by atoms with Crippen molar-refractivity contribution in [2.45, 2.75) is 32.8 Å². The van der Waals surface area contributed by atoms with Crippen LogP contribution in [0.5, 0.6) is 5.75 Å². The van der Waals surface area contributed by atoms with Gasteiger partial charge in [-0.25, -0.2) is 0 Å². The molecule has 0 aliphatic carbocycles. The molecule has 0 saturated carbocycles. The Morgan fingerprint density at radius 1 is 1.17 bits per heavy atom. The summed E-state index contributed by atoms with van der Waals surface area (Å²) >= 11 is 0. The van der Waals surface area contributed by atoms with Crippen LogP contribution in [-0.4, -0.2) is 20.3 Å². The summed E-state index contributed by atoms with van der Waals surface area (Å²) < 4.78 is 11.0. The third kappa shape index (κ3) is 5.07. The molecule has 1 aromatic carbocycles. The van der Waals surface area contributed by atoms with Gasteiger partial charge in [-0.15, -0.1) is 0 Å². The lowest BCUT2D eigenvalue weighted by atomic mass is 10.1. The maximum atomic E-state index is 5.84. The minimum Gasteiger partial charge on any atom is -0.497 e. The van der Waals surface area contributed by atoms with Crippen LogP contribution in [0.15, 0.2) is 24.3 Å². The van der Waals surface area contributed by atoms with Crippen LogP contribution in [0.4, 0.5) is 0 Å². The Morgan fingerprint density at radius 3 is 2.33 bits per heavy atom. The molecule has 0 fully saturated rings. The van der Waals surface area contributed by atoms with Gasteiger partial charge in [0.25, 0.3) is 0 Å². The van der Waals surface area contributed by atoms with Crippen molar-refractivity contribution < 1.29 is 9.47 Å². The first-order valence-corrected chi connectivity index (χ1v) is 6.63. The van der Waals surface area contributed by atoms with E-state index in [1.807, 2.05) is 24.3 Å². The summed E-state index contributed by atoms with van der Waals surface area (Å²) in [7, 11) is 1.66. The Bertz CT molecular complexity index is 322. The van der Waals surface area contributed by atoms with E-state index in [-0.39, 0.29) is 6.10 Å². The van der Waals surface area contributed by atoms with Gasteiger partial charge in [-0.2, -0.15) is 0 Å². The van der Waals surface area contributed by atoms with Gasteiger partial charge in [-0.1, -0.05) is 26.0 Å². The van der Waals surface area contributed by atoms with Crippen LogP contribution < -0.4 is 10.5 Å². The Kier molecular flexibility index (Phi) is 6.76. The van der Waals surface area contributed by atoms with E-state index in [1.54, 1.807) is 7.11 Å². The third-order valence-electron chi connectivity index (χ3n) is 2.95. The molecule has 0 aromatic heterocycles. The monoisotopic (exact) mass is 251 g/mol. The van der Waals surface area contributed by atoms with E-state index >= 15 is 0 Å². The molecule has 1 rings (SSSR count). The molecule has 0 bridgehead atoms. The topological polar surface area (TPSA) is 44.5 Å². The second-order valence-corrected chi connectivity index (χ2v) is 4.90. The van der Waals surface area contributed by atoms with Crippen LogP contribution in [0.1, 0.15) is 38.4 Å². The number of hydrogen-bond donors (Lipinski definition) is 1. The van der Waals surface area contributed by atoms with Crippen molar-refractivity contribution in [3.05, 3.63) is 29.8 Å². The summed E-state index contributed by atoms with van der Waals surface area (Å²) in [4.78, 5) is 0. The fourth-order valence-corrected chi connectivity index (χ4v) is 1.84. The first-order valence-electron chi connectivity index (χ1n) is 6.63. The molecule has 1 atom stereocenters. The first-order chi connectivity index (χ1) is 8.67. The summed E-state index contributed by atoms with van der Waals surface area (Å²) in [6.07, 6.45) is 2.27. The largest absolute Gasteiger partial charge is 0.497 e. The van der Waals surface area contributed by atoms with Crippen molar-refractivity contribution in [1.29, 1.82) is 0 Å². The Morgan fingerprint density at radius 2 is 1.83 bits per heavy atom. The van der Waals surface area contributed by atoms with Gasteiger partial charge in [0.05, 0.1) is 13.2 Å². The van der Waals surface area contributed by atoms with Crippen molar-refractivity contribution in [3.8, 4) is 5.75 Å². The van der Waals surface area contributed by atoms with E-state index in [2.05, 4.69) is 13.8 Å². The Labute approximate surface area is 110 Å². The zero-order chi connectivity index (χ0) is 13.4. The van der Waals surface area contributed by atoms with Gasteiger partial charge in [0.2, 0.25) is 0 Å². The lowest BCUT2D eigenvalue weighted by Gasteiger charge is -2.17. The zero-order valence-corrected chi connectivity index (χ0v) is 11.7. The van der Waals surface area contributed by atoms with Gasteiger partial charge in [-0.05, 0) is 36.5 Å². The van der Waals surface area contributed by atoms with Crippen LogP contribution in [0, 0.1) is 5.92 Å². The van der Waals surface area contributed by atoms with Crippen LogP contribution in [-0.2, 0) is 4.74 Å². The number of rotatable bonds is 8. The lowest BCUT2D eigenvalue weighted by Crippen LogP contribution is -2.16. The smallest absolute Gasteiger partial charge is 0.118 e. The molecular weight excluding hydrogens is 226 g/mol. The average molecular weight is 251 g/mol. The average Bonchev–Trinajstić information content (AvgIpc) is 2.39. The maximum Gasteiger partial charge on any atom is 0.118 e. The molecule has 0 heterocycles. The molecule has 0 amide bonds. The normalized spacial score (nSPS) is 12.7. The van der Waals surface area contributed by atoms with Crippen molar-refractivity contribution in [2.24, 2.45) is 11.7 Å². The number of benzene rings is 1. The van der Waals surface area contributed by atoms with Crippen molar-refractivity contribution in [2.75, 3.05) is 20.3 Å². The lowest BCUT2D eigenvalue weighted by molar-refractivity contribution is 0.0545. The molecule has 0 spiro atoms. The highest BCUT2D eigenvalue weighted by molar-refractivity contribution is 5.28. The fourth-order valence-electron chi connectivity index (χ4n) is 1.84. The highest BCUT2D eigenvalue weighted by atomic mass is 16.5. The maximum absolute atomic E-state index is 5.84. The summed E-state index contributed by atoms with van der Waals surface area (Å²) in [6.45, 7) is 5.73. The van der Waals surface area contributed by atoms with E-state index in [0.29, 0.717) is 6.54 Å². The molecule has 0 aliphatic rings. The fraction of sp³-hybridized carbons (Fsp3) is 0.600. The van der Waals surface area contributed by atoms with E-state index in [0.717, 1.165) is 30.3 Å². The second-order valence-electron chi connectivity index (χ2n) is 4.90. The van der Waals surface area contributed by atoms with E-state index in [4.69, 9.17) is 15.2 Å². The molecule has 18 heavy (non-hydrogen) atoms. The zero-order valence-electron chi connectivity index (χ0n) is 11.7. The second kappa shape index (κ2) is 8.11. The van der Waals surface area contributed by atoms with E-state index in [9.17, 15) is 0 Å². The Balaban J connectivity index is 2.44. The number of nitrogens with two attached hydrogens (primary N) is 1. The van der Waals surface area contributed by atoms with Crippen LogP contribution in [0.25, 0.3) is 0 Å². The number of ether oxygens (including phenoxy) is 2. The first kappa shape index (κ1) is 15.0. The van der Waals surface area contributed by atoms with Crippen LogP contribution in [0.2, 0.25) is 0 Å². The molecular formula is C15H25NO2. The molecule has 3 nitrogen and oxygen atoms in total.